The van der Waals surface area contributed by atoms with Crippen LogP contribution in [0, 0.1) is 5.92 Å². The van der Waals surface area contributed by atoms with Crippen LogP contribution in [0.2, 0.25) is 0 Å². The molecule has 1 aromatic carbocycles. The molecule has 0 heterocycles. The third-order valence-electron chi connectivity index (χ3n) is 4.67. The van der Waals surface area contributed by atoms with E-state index in [9.17, 15) is 9.59 Å². The number of anilines is 1. The van der Waals surface area contributed by atoms with Crippen LogP contribution in [0.1, 0.15) is 52.0 Å². The summed E-state index contributed by atoms with van der Waals surface area (Å²) in [5.41, 5.74) is 7.57. The Kier molecular flexibility index (Phi) is 6.42. The average molecular weight is 346 g/mol. The van der Waals surface area contributed by atoms with Crippen LogP contribution in [0.5, 0.6) is 0 Å². The number of nitrogens with one attached hydrogen (secondary N) is 3. The predicted octanol–water partition coefficient (Wildman–Crippen LogP) is 2.74. The molecule has 5 N–H and O–H groups in total. The smallest absolute Gasteiger partial charge is 0.319 e. The van der Waals surface area contributed by atoms with E-state index >= 15 is 0 Å². The van der Waals surface area contributed by atoms with E-state index in [0.29, 0.717) is 6.54 Å². The van der Waals surface area contributed by atoms with Gasteiger partial charge in [0.1, 0.15) is 0 Å². The molecule has 3 amide bonds. The van der Waals surface area contributed by atoms with E-state index in [0.717, 1.165) is 36.9 Å². The number of carbonyl (C=O) groups excluding carboxylic acids is 2. The van der Waals surface area contributed by atoms with Crippen molar-refractivity contribution in [1.82, 2.24) is 10.6 Å². The van der Waals surface area contributed by atoms with Gasteiger partial charge in [0, 0.05) is 23.8 Å². The molecule has 0 aliphatic heterocycles. The molecule has 1 aliphatic carbocycles. The summed E-state index contributed by atoms with van der Waals surface area (Å²) in [6.07, 6.45) is 3.90. The van der Waals surface area contributed by atoms with Crippen LogP contribution in [-0.4, -0.2) is 23.5 Å². The number of hydrogen-bond acceptors (Lipinski definition) is 3. The second-order valence-corrected chi connectivity index (χ2v) is 7.47. The maximum absolute atomic E-state index is 12.4. The van der Waals surface area contributed by atoms with Crippen LogP contribution < -0.4 is 21.7 Å². The molecule has 138 valence electrons. The highest BCUT2D eigenvalue weighted by Crippen LogP contribution is 2.31. The summed E-state index contributed by atoms with van der Waals surface area (Å²) in [6, 6.07) is 7.31. The predicted molar refractivity (Wildman–Crippen MR) is 100 cm³/mol. The number of carbonyl (C=O) groups is 2. The molecular formula is C19H30N4O2. The number of benzene rings is 1. The summed E-state index contributed by atoms with van der Waals surface area (Å²) in [5, 5.41) is 8.54. The molecule has 0 bridgehead atoms. The van der Waals surface area contributed by atoms with Gasteiger partial charge >= 0.3 is 6.03 Å². The van der Waals surface area contributed by atoms with E-state index in [1.165, 1.54) is 0 Å². The van der Waals surface area contributed by atoms with Gasteiger partial charge in [-0.1, -0.05) is 25.0 Å². The molecule has 1 aliphatic rings. The van der Waals surface area contributed by atoms with E-state index in [4.69, 9.17) is 5.73 Å². The standard InChI is InChI=1S/C19H30N4O2/c1-13(2)22-18(25)23-15-9-7-14(8-10-15)12-21-17(24)16-6-4-5-11-19(16,3)20/h7-10,13,16H,4-6,11-12,20H2,1-3H3,(H,21,24)(H2,22,23,25). The Morgan fingerprint density at radius 2 is 1.92 bits per heavy atom. The lowest BCUT2D eigenvalue weighted by Crippen LogP contribution is -2.52. The minimum absolute atomic E-state index is 0.0308. The van der Waals surface area contributed by atoms with Gasteiger partial charge in [-0.15, -0.1) is 0 Å². The van der Waals surface area contributed by atoms with Crippen molar-refractivity contribution in [1.29, 1.82) is 0 Å². The van der Waals surface area contributed by atoms with Crippen molar-refractivity contribution in [2.75, 3.05) is 5.32 Å². The first-order chi connectivity index (χ1) is 11.8. The molecule has 25 heavy (non-hydrogen) atoms. The Morgan fingerprint density at radius 1 is 1.24 bits per heavy atom. The van der Waals surface area contributed by atoms with Gasteiger partial charge in [0.05, 0.1) is 5.92 Å². The molecule has 0 aromatic heterocycles. The molecule has 1 aromatic rings. The fourth-order valence-electron chi connectivity index (χ4n) is 3.24. The zero-order valence-electron chi connectivity index (χ0n) is 15.4. The zero-order chi connectivity index (χ0) is 18.4. The van der Waals surface area contributed by atoms with E-state index in [1.807, 2.05) is 45.0 Å². The van der Waals surface area contributed by atoms with E-state index < -0.39 is 5.54 Å². The van der Waals surface area contributed by atoms with Gasteiger partial charge in [-0.25, -0.2) is 4.79 Å². The Morgan fingerprint density at radius 3 is 2.52 bits per heavy atom. The SMILES string of the molecule is CC(C)NC(=O)Nc1ccc(CNC(=O)C2CCCCC2(C)N)cc1. The number of rotatable bonds is 5. The molecule has 0 spiro atoms. The van der Waals surface area contributed by atoms with Crippen LogP contribution in [-0.2, 0) is 11.3 Å². The van der Waals surface area contributed by atoms with Crippen molar-refractivity contribution in [3.05, 3.63) is 29.8 Å². The number of urea groups is 1. The fourth-order valence-corrected chi connectivity index (χ4v) is 3.24. The maximum atomic E-state index is 12.4. The minimum Gasteiger partial charge on any atom is -0.352 e. The minimum atomic E-state index is -0.417. The van der Waals surface area contributed by atoms with Crippen LogP contribution in [0.4, 0.5) is 10.5 Å². The zero-order valence-corrected chi connectivity index (χ0v) is 15.4. The van der Waals surface area contributed by atoms with Crippen LogP contribution in [0.25, 0.3) is 0 Å². The van der Waals surface area contributed by atoms with Crippen molar-refractivity contribution in [3.8, 4) is 0 Å². The average Bonchev–Trinajstić information content (AvgIpc) is 2.52. The van der Waals surface area contributed by atoms with Gasteiger partial charge in [0.2, 0.25) is 5.91 Å². The lowest BCUT2D eigenvalue weighted by atomic mass is 9.74. The fraction of sp³-hybridized carbons (Fsp3) is 0.579. The van der Waals surface area contributed by atoms with Crippen molar-refractivity contribution < 1.29 is 9.59 Å². The molecule has 2 atom stereocenters. The Balaban J connectivity index is 1.85. The van der Waals surface area contributed by atoms with Gasteiger partial charge in [-0.2, -0.15) is 0 Å². The number of amides is 3. The van der Waals surface area contributed by atoms with E-state index in [1.54, 1.807) is 0 Å². The summed E-state index contributed by atoms with van der Waals surface area (Å²) < 4.78 is 0. The second kappa shape index (κ2) is 8.34. The van der Waals surface area contributed by atoms with Crippen molar-refractivity contribution in [2.45, 2.75) is 64.6 Å². The first kappa shape index (κ1) is 19.2. The summed E-state index contributed by atoms with van der Waals surface area (Å²) >= 11 is 0. The quantitative estimate of drug-likeness (QED) is 0.660. The second-order valence-electron chi connectivity index (χ2n) is 7.47. The summed E-state index contributed by atoms with van der Waals surface area (Å²) in [6.45, 7) is 6.25. The molecule has 0 radical (unpaired) electrons. The Bertz CT molecular complexity index is 596. The van der Waals surface area contributed by atoms with Gasteiger partial charge in [0.15, 0.2) is 0 Å². The first-order valence-corrected chi connectivity index (χ1v) is 9.01. The summed E-state index contributed by atoms with van der Waals surface area (Å²) in [4.78, 5) is 24.1. The van der Waals surface area contributed by atoms with E-state index in [2.05, 4.69) is 16.0 Å². The third kappa shape index (κ3) is 5.74. The molecule has 1 saturated carbocycles. The molecule has 6 nitrogen and oxygen atoms in total. The Labute approximate surface area is 149 Å². The van der Waals surface area contributed by atoms with Crippen LogP contribution >= 0.6 is 0 Å². The molecule has 0 saturated heterocycles. The third-order valence-corrected chi connectivity index (χ3v) is 4.67. The Hall–Kier alpha value is -2.08. The molecular weight excluding hydrogens is 316 g/mol. The first-order valence-electron chi connectivity index (χ1n) is 9.01. The highest BCUT2D eigenvalue weighted by molar-refractivity contribution is 5.89. The van der Waals surface area contributed by atoms with Crippen molar-refractivity contribution in [2.24, 2.45) is 11.7 Å². The lowest BCUT2D eigenvalue weighted by molar-refractivity contribution is -0.128. The largest absolute Gasteiger partial charge is 0.352 e. The maximum Gasteiger partial charge on any atom is 0.319 e. The molecule has 2 unspecified atom stereocenters. The van der Waals surface area contributed by atoms with Gasteiger partial charge < -0.3 is 21.7 Å². The van der Waals surface area contributed by atoms with Crippen molar-refractivity contribution in [3.63, 3.8) is 0 Å². The van der Waals surface area contributed by atoms with E-state index in [-0.39, 0.29) is 23.9 Å². The highest BCUT2D eigenvalue weighted by Gasteiger charge is 2.37. The topological polar surface area (TPSA) is 96.2 Å². The lowest BCUT2D eigenvalue weighted by Gasteiger charge is -2.37. The van der Waals surface area contributed by atoms with Crippen LogP contribution in [0.3, 0.4) is 0 Å². The van der Waals surface area contributed by atoms with Gasteiger partial charge in [0.25, 0.3) is 0 Å². The monoisotopic (exact) mass is 346 g/mol. The summed E-state index contributed by atoms with van der Waals surface area (Å²) in [7, 11) is 0. The normalized spacial score (nSPS) is 23.2. The number of hydrogen-bond donors (Lipinski definition) is 4. The highest BCUT2D eigenvalue weighted by atomic mass is 16.2. The summed E-state index contributed by atoms with van der Waals surface area (Å²) in [5.74, 6) is -0.0925. The van der Waals surface area contributed by atoms with Crippen molar-refractivity contribution >= 4 is 17.6 Å². The molecule has 1 fully saturated rings. The van der Waals surface area contributed by atoms with Crippen LogP contribution in [0.15, 0.2) is 24.3 Å². The van der Waals surface area contributed by atoms with Gasteiger partial charge in [-0.3, -0.25) is 4.79 Å². The molecule has 6 heteroatoms. The van der Waals surface area contributed by atoms with Gasteiger partial charge in [-0.05, 0) is 51.3 Å². The number of nitrogens with two attached hydrogens (primary N) is 1. The molecule has 2 rings (SSSR count).